The lowest BCUT2D eigenvalue weighted by atomic mass is 10.1. The molecule has 1 aliphatic rings. The van der Waals surface area contributed by atoms with Crippen LogP contribution in [0.1, 0.15) is 28.4 Å². The highest BCUT2D eigenvalue weighted by atomic mass is 32.2. The Kier molecular flexibility index (Phi) is 6.56. The van der Waals surface area contributed by atoms with Gasteiger partial charge in [0, 0.05) is 18.2 Å². The maximum absolute atomic E-state index is 12.9. The van der Waals surface area contributed by atoms with Crippen LogP contribution in [0.3, 0.4) is 0 Å². The Balaban J connectivity index is 1.44. The lowest BCUT2D eigenvalue weighted by Gasteiger charge is -2.20. The molecular formula is C25H25N3O5S. The molecule has 8 nitrogen and oxygen atoms in total. The highest BCUT2D eigenvalue weighted by molar-refractivity contribution is 7.92. The number of nitrogens with zero attached hydrogens (tertiary/aromatic N) is 2. The molecule has 4 rings (SSSR count). The second kappa shape index (κ2) is 9.56. The van der Waals surface area contributed by atoms with Crippen molar-refractivity contribution in [2.75, 3.05) is 24.6 Å². The minimum Gasteiger partial charge on any atom is -0.486 e. The third kappa shape index (κ3) is 4.89. The fourth-order valence-corrected chi connectivity index (χ4v) is 4.56. The van der Waals surface area contributed by atoms with E-state index < -0.39 is 15.9 Å². The van der Waals surface area contributed by atoms with Gasteiger partial charge in [-0.3, -0.25) is 9.10 Å². The standard InChI is InChI=1S/C25H25N3O5S/c1-17-4-11-22(12-5-17)34(30,31)28(3)21-9-6-19(7-10-21)25(29)27-26-18(2)20-8-13-23-24(16-20)33-15-14-32-23/h4-13,16H,14-15H2,1-3H3,(H,27,29)/b26-18-. The number of ether oxygens (including phenoxy) is 2. The summed E-state index contributed by atoms with van der Waals surface area (Å²) in [4.78, 5) is 12.8. The SMILES string of the molecule is C/C(=N/NC(=O)c1ccc(N(C)S(=O)(=O)c2ccc(C)cc2)cc1)c1ccc2c(c1)OCCO2. The van der Waals surface area contributed by atoms with Gasteiger partial charge < -0.3 is 9.47 Å². The number of hydrogen-bond donors (Lipinski definition) is 1. The zero-order chi connectivity index (χ0) is 24.3. The molecule has 0 atom stereocenters. The number of hydrogen-bond acceptors (Lipinski definition) is 6. The summed E-state index contributed by atoms with van der Waals surface area (Å²) < 4.78 is 38.0. The average molecular weight is 480 g/mol. The van der Waals surface area contributed by atoms with Crippen molar-refractivity contribution in [3.05, 3.63) is 83.4 Å². The lowest BCUT2D eigenvalue weighted by molar-refractivity contribution is 0.0955. The molecule has 0 aliphatic carbocycles. The van der Waals surface area contributed by atoms with Gasteiger partial charge in [-0.2, -0.15) is 5.10 Å². The predicted molar refractivity (Wildman–Crippen MR) is 130 cm³/mol. The Morgan fingerprint density at radius 2 is 1.53 bits per heavy atom. The summed E-state index contributed by atoms with van der Waals surface area (Å²) in [6, 6.07) is 18.4. The fourth-order valence-electron chi connectivity index (χ4n) is 3.36. The molecule has 0 saturated carbocycles. The number of anilines is 1. The zero-order valence-corrected chi connectivity index (χ0v) is 19.9. The van der Waals surface area contributed by atoms with Crippen molar-refractivity contribution in [3.8, 4) is 11.5 Å². The van der Waals surface area contributed by atoms with E-state index in [0.717, 1.165) is 11.1 Å². The van der Waals surface area contributed by atoms with Gasteiger partial charge in [-0.1, -0.05) is 17.7 Å². The van der Waals surface area contributed by atoms with Crippen molar-refractivity contribution in [2.24, 2.45) is 5.10 Å². The van der Waals surface area contributed by atoms with E-state index in [0.29, 0.717) is 41.7 Å². The second-order valence-electron chi connectivity index (χ2n) is 7.83. The van der Waals surface area contributed by atoms with Gasteiger partial charge in [0.25, 0.3) is 15.9 Å². The Labute approximate surface area is 198 Å². The number of benzene rings is 3. The molecule has 176 valence electrons. The van der Waals surface area contributed by atoms with Crippen molar-refractivity contribution in [2.45, 2.75) is 18.7 Å². The normalized spacial score (nSPS) is 13.3. The minimum absolute atomic E-state index is 0.200. The monoisotopic (exact) mass is 479 g/mol. The average Bonchev–Trinajstić information content (AvgIpc) is 2.86. The molecule has 1 heterocycles. The molecule has 0 bridgehead atoms. The zero-order valence-electron chi connectivity index (χ0n) is 19.1. The van der Waals surface area contributed by atoms with E-state index in [1.54, 1.807) is 55.5 Å². The fraction of sp³-hybridized carbons (Fsp3) is 0.200. The summed E-state index contributed by atoms with van der Waals surface area (Å²) in [6.07, 6.45) is 0. The van der Waals surface area contributed by atoms with Crippen LogP contribution in [0.4, 0.5) is 5.69 Å². The first-order valence-corrected chi connectivity index (χ1v) is 12.1. The molecule has 3 aromatic carbocycles. The van der Waals surface area contributed by atoms with Gasteiger partial charge in [0.1, 0.15) is 13.2 Å². The maximum Gasteiger partial charge on any atom is 0.271 e. The molecule has 1 amide bonds. The third-order valence-electron chi connectivity index (χ3n) is 5.46. The molecule has 0 spiro atoms. The van der Waals surface area contributed by atoms with Gasteiger partial charge >= 0.3 is 0 Å². The summed E-state index contributed by atoms with van der Waals surface area (Å²) >= 11 is 0. The van der Waals surface area contributed by atoms with Gasteiger partial charge in [0.15, 0.2) is 11.5 Å². The van der Waals surface area contributed by atoms with Gasteiger partial charge in [-0.15, -0.1) is 0 Å². The van der Waals surface area contributed by atoms with E-state index in [4.69, 9.17) is 9.47 Å². The lowest BCUT2D eigenvalue weighted by Crippen LogP contribution is -2.26. The first-order valence-electron chi connectivity index (χ1n) is 10.7. The molecule has 0 radical (unpaired) electrons. The van der Waals surface area contributed by atoms with Crippen LogP contribution in [0.25, 0.3) is 0 Å². The number of rotatable bonds is 6. The number of sulfonamides is 1. The molecular weight excluding hydrogens is 454 g/mol. The largest absolute Gasteiger partial charge is 0.486 e. The van der Waals surface area contributed by atoms with Gasteiger partial charge in [0.2, 0.25) is 0 Å². The van der Waals surface area contributed by atoms with Crippen molar-refractivity contribution in [1.29, 1.82) is 0 Å². The van der Waals surface area contributed by atoms with Gasteiger partial charge in [-0.05, 0) is 68.4 Å². The van der Waals surface area contributed by atoms with E-state index in [1.807, 2.05) is 25.1 Å². The maximum atomic E-state index is 12.9. The first-order chi connectivity index (χ1) is 16.3. The molecule has 34 heavy (non-hydrogen) atoms. The van der Waals surface area contributed by atoms with E-state index in [9.17, 15) is 13.2 Å². The first kappa shape index (κ1) is 23.3. The van der Waals surface area contributed by atoms with Crippen LogP contribution in [0.15, 0.2) is 76.7 Å². The topological polar surface area (TPSA) is 97.3 Å². The smallest absolute Gasteiger partial charge is 0.271 e. The van der Waals surface area contributed by atoms with Crippen LogP contribution >= 0.6 is 0 Å². The Morgan fingerprint density at radius 3 is 2.21 bits per heavy atom. The van der Waals surface area contributed by atoms with Crippen LogP contribution in [0, 0.1) is 6.92 Å². The van der Waals surface area contributed by atoms with Gasteiger partial charge in [-0.25, -0.2) is 13.8 Å². The third-order valence-corrected chi connectivity index (χ3v) is 7.26. The van der Waals surface area contributed by atoms with Crippen LogP contribution in [-0.2, 0) is 10.0 Å². The van der Waals surface area contributed by atoms with E-state index in [2.05, 4.69) is 10.5 Å². The molecule has 1 N–H and O–H groups in total. The van der Waals surface area contributed by atoms with Crippen LogP contribution in [0.5, 0.6) is 11.5 Å². The number of carbonyl (C=O) groups excluding carboxylic acids is 1. The number of carbonyl (C=O) groups is 1. The number of nitrogens with one attached hydrogen (secondary N) is 1. The Morgan fingerprint density at radius 1 is 0.912 bits per heavy atom. The van der Waals surface area contributed by atoms with E-state index in [-0.39, 0.29) is 4.90 Å². The molecule has 0 unspecified atom stereocenters. The number of fused-ring (bicyclic) bond motifs is 1. The number of amides is 1. The van der Waals surface area contributed by atoms with Crippen LogP contribution in [-0.4, -0.2) is 40.3 Å². The summed E-state index contributed by atoms with van der Waals surface area (Å²) in [5, 5.41) is 4.18. The van der Waals surface area contributed by atoms with E-state index in [1.165, 1.54) is 11.4 Å². The quantitative estimate of drug-likeness (QED) is 0.429. The van der Waals surface area contributed by atoms with Crippen molar-refractivity contribution >= 4 is 27.3 Å². The number of aryl methyl sites for hydroxylation is 1. The summed E-state index contributed by atoms with van der Waals surface area (Å²) in [6.45, 7) is 4.67. The Hall–Kier alpha value is -3.85. The molecule has 3 aromatic rings. The summed E-state index contributed by atoms with van der Waals surface area (Å²) in [5.74, 6) is 0.915. The van der Waals surface area contributed by atoms with Gasteiger partial charge in [0.05, 0.1) is 16.3 Å². The highest BCUT2D eigenvalue weighted by Crippen LogP contribution is 2.31. The van der Waals surface area contributed by atoms with E-state index >= 15 is 0 Å². The predicted octanol–water partition coefficient (Wildman–Crippen LogP) is 3.75. The molecule has 0 fully saturated rings. The van der Waals surface area contributed by atoms with Crippen molar-refractivity contribution < 1.29 is 22.7 Å². The van der Waals surface area contributed by atoms with Crippen LogP contribution < -0.4 is 19.2 Å². The Bertz CT molecular complexity index is 1330. The number of hydrazone groups is 1. The summed E-state index contributed by atoms with van der Waals surface area (Å²) in [7, 11) is -2.23. The van der Waals surface area contributed by atoms with Crippen molar-refractivity contribution in [1.82, 2.24) is 5.43 Å². The molecule has 0 saturated heterocycles. The van der Waals surface area contributed by atoms with Crippen LogP contribution in [0.2, 0.25) is 0 Å². The molecule has 0 aromatic heterocycles. The minimum atomic E-state index is -3.71. The molecule has 1 aliphatic heterocycles. The highest BCUT2D eigenvalue weighted by Gasteiger charge is 2.21. The second-order valence-corrected chi connectivity index (χ2v) is 9.80. The molecule has 9 heteroatoms. The van der Waals surface area contributed by atoms with Crippen molar-refractivity contribution in [3.63, 3.8) is 0 Å². The summed E-state index contributed by atoms with van der Waals surface area (Å²) in [5.41, 5.74) is 5.69.